The summed E-state index contributed by atoms with van der Waals surface area (Å²) in [5.41, 5.74) is 1.02. The summed E-state index contributed by atoms with van der Waals surface area (Å²) in [6.45, 7) is 2.99. The van der Waals surface area contributed by atoms with Gasteiger partial charge in [0, 0.05) is 24.5 Å². The molecule has 1 fully saturated rings. The average Bonchev–Trinajstić information content (AvgIpc) is 2.55. The third-order valence-corrected chi connectivity index (χ3v) is 3.67. The van der Waals surface area contributed by atoms with Gasteiger partial charge in [-0.2, -0.15) is 0 Å². The van der Waals surface area contributed by atoms with Crippen LogP contribution in [0, 0.1) is 0 Å². The second-order valence-electron chi connectivity index (χ2n) is 5.05. The summed E-state index contributed by atoms with van der Waals surface area (Å²) in [5, 5.41) is 3.48. The van der Waals surface area contributed by atoms with E-state index in [1.165, 1.54) is 0 Å². The van der Waals surface area contributed by atoms with Crippen LogP contribution in [0.15, 0.2) is 24.3 Å². The number of halogens is 1. The topological polar surface area (TPSA) is 49.4 Å². The predicted molar refractivity (Wildman–Crippen MR) is 78.3 cm³/mol. The predicted octanol–water partition coefficient (Wildman–Crippen LogP) is 2.36. The highest BCUT2D eigenvalue weighted by Crippen LogP contribution is 2.15. The molecule has 0 radical (unpaired) electrons. The quantitative estimate of drug-likeness (QED) is 0.927. The van der Waals surface area contributed by atoms with Crippen LogP contribution in [0.25, 0.3) is 0 Å². The molecule has 1 aromatic carbocycles. The second-order valence-corrected chi connectivity index (χ2v) is 5.48. The van der Waals surface area contributed by atoms with Crippen molar-refractivity contribution in [3.63, 3.8) is 0 Å². The maximum Gasteiger partial charge on any atom is 0.245 e. The number of nitrogens with one attached hydrogen (secondary N) is 1. The molecule has 1 aliphatic heterocycles. The van der Waals surface area contributed by atoms with Crippen molar-refractivity contribution in [3.8, 4) is 0 Å². The monoisotopic (exact) mass is 294 g/mol. The highest BCUT2D eigenvalue weighted by Gasteiger charge is 2.28. The van der Waals surface area contributed by atoms with Gasteiger partial charge in [-0.15, -0.1) is 0 Å². The first-order valence-electron chi connectivity index (χ1n) is 6.92. The Bertz CT molecular complexity index is 487. The van der Waals surface area contributed by atoms with Gasteiger partial charge in [0.1, 0.15) is 6.04 Å². The van der Waals surface area contributed by atoms with Crippen molar-refractivity contribution in [2.75, 3.05) is 6.54 Å². The van der Waals surface area contributed by atoms with Crippen molar-refractivity contribution in [2.45, 2.75) is 38.8 Å². The van der Waals surface area contributed by atoms with Gasteiger partial charge in [0.2, 0.25) is 11.8 Å². The number of hydrogen-bond acceptors (Lipinski definition) is 2. The van der Waals surface area contributed by atoms with Crippen LogP contribution in [0.4, 0.5) is 0 Å². The molecule has 5 heteroatoms. The Morgan fingerprint density at radius 1 is 1.30 bits per heavy atom. The summed E-state index contributed by atoms with van der Waals surface area (Å²) >= 11 is 5.86. The molecule has 0 aliphatic carbocycles. The molecule has 1 aromatic rings. The van der Waals surface area contributed by atoms with Crippen LogP contribution in [0.1, 0.15) is 31.7 Å². The minimum atomic E-state index is -0.387. The minimum Gasteiger partial charge on any atom is -0.344 e. The lowest BCUT2D eigenvalue weighted by Gasteiger charge is -2.24. The molecule has 4 nitrogen and oxygen atoms in total. The Morgan fingerprint density at radius 2 is 2.00 bits per heavy atom. The molecule has 0 saturated carbocycles. The van der Waals surface area contributed by atoms with Crippen molar-refractivity contribution >= 4 is 23.4 Å². The number of rotatable bonds is 4. The van der Waals surface area contributed by atoms with E-state index in [2.05, 4.69) is 5.32 Å². The molecule has 0 bridgehead atoms. The summed E-state index contributed by atoms with van der Waals surface area (Å²) in [6, 6.07) is 7.05. The lowest BCUT2D eigenvalue weighted by atomic mass is 10.1. The van der Waals surface area contributed by atoms with Gasteiger partial charge in [-0.05, 0) is 24.1 Å². The van der Waals surface area contributed by atoms with E-state index in [0.29, 0.717) is 31.0 Å². The van der Waals surface area contributed by atoms with Crippen molar-refractivity contribution in [1.29, 1.82) is 0 Å². The van der Waals surface area contributed by atoms with Gasteiger partial charge in [0.15, 0.2) is 0 Å². The maximum absolute atomic E-state index is 12.4. The fourth-order valence-corrected chi connectivity index (χ4v) is 2.47. The van der Waals surface area contributed by atoms with Crippen LogP contribution in [0.5, 0.6) is 0 Å². The molecular formula is C15H19ClN2O2. The summed E-state index contributed by atoms with van der Waals surface area (Å²) in [5.74, 6) is -0.0388. The summed E-state index contributed by atoms with van der Waals surface area (Å²) in [4.78, 5) is 25.8. The molecular weight excluding hydrogens is 276 g/mol. The van der Waals surface area contributed by atoms with Crippen LogP contribution >= 0.6 is 11.6 Å². The van der Waals surface area contributed by atoms with Gasteiger partial charge in [-0.1, -0.05) is 37.1 Å². The van der Waals surface area contributed by atoms with Crippen molar-refractivity contribution in [1.82, 2.24) is 10.2 Å². The standard InChI is InChI=1S/C15H19ClN2O2/c1-2-3-13-15(20)18(9-8-14(19)17-13)10-11-4-6-12(16)7-5-11/h4-7,13H,2-3,8-10H2,1H3,(H,17,19). The SMILES string of the molecule is CCCC1NC(=O)CCN(Cc2ccc(Cl)cc2)C1=O. The third-order valence-electron chi connectivity index (χ3n) is 3.42. The zero-order valence-electron chi connectivity index (χ0n) is 11.6. The van der Waals surface area contributed by atoms with E-state index in [-0.39, 0.29) is 17.9 Å². The molecule has 1 saturated heterocycles. The molecule has 108 valence electrons. The Labute approximate surface area is 124 Å². The van der Waals surface area contributed by atoms with Gasteiger partial charge in [-0.3, -0.25) is 9.59 Å². The van der Waals surface area contributed by atoms with Gasteiger partial charge < -0.3 is 10.2 Å². The first-order valence-corrected chi connectivity index (χ1v) is 7.30. The van der Waals surface area contributed by atoms with Crippen LogP contribution in [-0.2, 0) is 16.1 Å². The molecule has 1 atom stereocenters. The Kier molecular flexibility index (Phi) is 5.01. The molecule has 2 rings (SSSR count). The fraction of sp³-hybridized carbons (Fsp3) is 0.467. The number of carbonyl (C=O) groups is 2. The van der Waals surface area contributed by atoms with Gasteiger partial charge in [0.05, 0.1) is 0 Å². The summed E-state index contributed by atoms with van der Waals surface area (Å²) < 4.78 is 0. The van der Waals surface area contributed by atoms with E-state index >= 15 is 0 Å². The van der Waals surface area contributed by atoms with E-state index in [0.717, 1.165) is 12.0 Å². The van der Waals surface area contributed by atoms with Gasteiger partial charge in [0.25, 0.3) is 0 Å². The third kappa shape index (κ3) is 3.73. The van der Waals surface area contributed by atoms with E-state index < -0.39 is 0 Å². The van der Waals surface area contributed by atoms with Crippen LogP contribution in [-0.4, -0.2) is 29.3 Å². The smallest absolute Gasteiger partial charge is 0.245 e. The van der Waals surface area contributed by atoms with Crippen LogP contribution in [0.3, 0.4) is 0 Å². The molecule has 20 heavy (non-hydrogen) atoms. The van der Waals surface area contributed by atoms with E-state index in [1.807, 2.05) is 31.2 Å². The van der Waals surface area contributed by atoms with E-state index in [1.54, 1.807) is 4.90 Å². The highest BCUT2D eigenvalue weighted by atomic mass is 35.5. The highest BCUT2D eigenvalue weighted by molar-refractivity contribution is 6.30. The zero-order valence-corrected chi connectivity index (χ0v) is 12.3. The molecule has 1 aliphatic rings. The second kappa shape index (κ2) is 6.75. The lowest BCUT2D eigenvalue weighted by Crippen LogP contribution is -2.44. The molecule has 0 spiro atoms. The molecule has 2 amide bonds. The average molecular weight is 295 g/mol. The first kappa shape index (κ1) is 14.9. The molecule has 1 N–H and O–H groups in total. The minimum absolute atomic E-state index is 0.00708. The fourth-order valence-electron chi connectivity index (χ4n) is 2.35. The number of nitrogens with zero attached hydrogens (tertiary/aromatic N) is 1. The number of amides is 2. The van der Waals surface area contributed by atoms with Crippen molar-refractivity contribution < 1.29 is 9.59 Å². The van der Waals surface area contributed by atoms with E-state index in [9.17, 15) is 9.59 Å². The first-order chi connectivity index (χ1) is 9.60. The van der Waals surface area contributed by atoms with Gasteiger partial charge >= 0.3 is 0 Å². The number of carbonyl (C=O) groups excluding carboxylic acids is 2. The Morgan fingerprint density at radius 3 is 2.65 bits per heavy atom. The molecule has 1 heterocycles. The number of hydrogen-bond donors (Lipinski definition) is 1. The molecule has 0 aromatic heterocycles. The van der Waals surface area contributed by atoms with Crippen molar-refractivity contribution in [3.05, 3.63) is 34.9 Å². The normalized spacial score (nSPS) is 19.7. The Hall–Kier alpha value is -1.55. The van der Waals surface area contributed by atoms with Crippen LogP contribution in [0.2, 0.25) is 5.02 Å². The zero-order chi connectivity index (χ0) is 14.5. The number of benzene rings is 1. The van der Waals surface area contributed by atoms with Crippen molar-refractivity contribution in [2.24, 2.45) is 0 Å². The molecule has 1 unspecified atom stereocenters. The van der Waals surface area contributed by atoms with Crippen LogP contribution < -0.4 is 5.32 Å². The largest absolute Gasteiger partial charge is 0.344 e. The summed E-state index contributed by atoms with van der Waals surface area (Å²) in [6.07, 6.45) is 1.91. The van der Waals surface area contributed by atoms with Gasteiger partial charge in [-0.25, -0.2) is 0 Å². The lowest BCUT2D eigenvalue weighted by molar-refractivity contribution is -0.134. The summed E-state index contributed by atoms with van der Waals surface area (Å²) in [7, 11) is 0. The van der Waals surface area contributed by atoms with E-state index in [4.69, 9.17) is 11.6 Å². The Balaban J connectivity index is 2.10. The maximum atomic E-state index is 12.4.